The van der Waals surface area contributed by atoms with E-state index in [1.165, 1.54) is 21.6 Å². The average molecular weight is 276 g/mol. The zero-order chi connectivity index (χ0) is 12.4. The molecule has 0 unspecified atom stereocenters. The second-order valence-corrected chi connectivity index (χ2v) is 5.17. The van der Waals surface area contributed by atoms with Crippen molar-refractivity contribution in [2.45, 2.75) is 6.18 Å². The molecule has 0 fully saturated rings. The summed E-state index contributed by atoms with van der Waals surface area (Å²) in [7, 11) is 2.75. The Morgan fingerprint density at radius 1 is 1.19 bits per heavy atom. The lowest BCUT2D eigenvalue weighted by Crippen LogP contribution is -2.37. The van der Waals surface area contributed by atoms with Crippen LogP contribution in [0.2, 0.25) is 0 Å². The molecule has 0 radical (unpaired) electrons. The lowest BCUT2D eigenvalue weighted by molar-refractivity contribution is -0.173. The van der Waals surface area contributed by atoms with E-state index in [-0.39, 0.29) is 6.54 Å². The molecule has 0 rings (SSSR count). The van der Waals surface area contributed by atoms with E-state index in [4.69, 9.17) is 0 Å². The van der Waals surface area contributed by atoms with Gasteiger partial charge in [-0.15, -0.1) is 0 Å². The van der Waals surface area contributed by atoms with Crippen LogP contribution < -0.4 is 10.6 Å². The zero-order valence-electron chi connectivity index (χ0n) is 8.17. The Kier molecular flexibility index (Phi) is 8.26. The minimum atomic E-state index is -4.81. The predicted octanol–water partition coefficient (Wildman–Crippen LogP) is 0.792. The van der Waals surface area contributed by atoms with Crippen molar-refractivity contribution in [3.8, 4) is 0 Å². The number of hydrogen-bond donors (Lipinski definition) is 2. The summed E-state index contributed by atoms with van der Waals surface area (Å²) in [4.78, 5) is 20.2. The van der Waals surface area contributed by atoms with Crippen molar-refractivity contribution < 1.29 is 22.8 Å². The summed E-state index contributed by atoms with van der Waals surface area (Å²) in [6.07, 6.45) is -4.24. The number of nitrogens with one attached hydrogen (secondary N) is 2. The van der Waals surface area contributed by atoms with Crippen LogP contribution in [0.5, 0.6) is 0 Å². The Morgan fingerprint density at radius 2 is 1.75 bits per heavy atom. The zero-order valence-corrected chi connectivity index (χ0v) is 9.81. The van der Waals surface area contributed by atoms with Crippen molar-refractivity contribution in [3.63, 3.8) is 0 Å². The van der Waals surface area contributed by atoms with Gasteiger partial charge in [0.2, 0.25) is 6.41 Å². The van der Waals surface area contributed by atoms with Crippen LogP contribution >= 0.6 is 21.6 Å². The summed E-state index contributed by atoms with van der Waals surface area (Å²) in [6.45, 7) is 0.479. The van der Waals surface area contributed by atoms with Gasteiger partial charge in [0.15, 0.2) is 0 Å². The van der Waals surface area contributed by atoms with Crippen molar-refractivity contribution in [1.82, 2.24) is 10.6 Å². The number of rotatable bonds is 8. The first-order chi connectivity index (χ1) is 7.48. The van der Waals surface area contributed by atoms with E-state index in [9.17, 15) is 22.8 Å². The van der Waals surface area contributed by atoms with Crippen LogP contribution in [-0.2, 0) is 9.59 Å². The van der Waals surface area contributed by atoms with E-state index >= 15 is 0 Å². The molecular formula is C7H11F3N2O2S2. The molecule has 2 amide bonds. The van der Waals surface area contributed by atoms with E-state index in [1.54, 1.807) is 5.32 Å². The maximum absolute atomic E-state index is 11.7. The van der Waals surface area contributed by atoms with Crippen molar-refractivity contribution in [2.24, 2.45) is 0 Å². The summed E-state index contributed by atoms with van der Waals surface area (Å²) in [6, 6.07) is 0. The largest absolute Gasteiger partial charge is 0.471 e. The van der Waals surface area contributed by atoms with E-state index < -0.39 is 12.1 Å². The van der Waals surface area contributed by atoms with Crippen molar-refractivity contribution >= 4 is 33.9 Å². The molecule has 0 aliphatic carbocycles. The van der Waals surface area contributed by atoms with Gasteiger partial charge >= 0.3 is 12.1 Å². The van der Waals surface area contributed by atoms with E-state index in [1.807, 2.05) is 0 Å². The Hall–Kier alpha value is -0.570. The summed E-state index contributed by atoms with van der Waals surface area (Å²) in [5, 5.41) is 4.20. The normalized spacial score (nSPS) is 10.9. The molecule has 0 aromatic carbocycles. The maximum Gasteiger partial charge on any atom is 0.471 e. The predicted molar refractivity (Wildman–Crippen MR) is 58.0 cm³/mol. The van der Waals surface area contributed by atoms with Gasteiger partial charge in [-0.25, -0.2) is 0 Å². The highest BCUT2D eigenvalue weighted by Gasteiger charge is 2.38. The lowest BCUT2D eigenvalue weighted by Gasteiger charge is -2.07. The molecule has 4 nitrogen and oxygen atoms in total. The fraction of sp³-hybridized carbons (Fsp3) is 0.714. The third-order valence-electron chi connectivity index (χ3n) is 1.22. The minimum Gasteiger partial charge on any atom is -0.358 e. The van der Waals surface area contributed by atoms with Crippen LogP contribution in [0.4, 0.5) is 13.2 Å². The first-order valence-corrected chi connectivity index (χ1v) is 6.73. The van der Waals surface area contributed by atoms with Gasteiger partial charge in [0.05, 0.1) is 0 Å². The topological polar surface area (TPSA) is 58.2 Å². The molecule has 0 bridgehead atoms. The fourth-order valence-corrected chi connectivity index (χ4v) is 2.41. The highest BCUT2D eigenvalue weighted by atomic mass is 33.1. The van der Waals surface area contributed by atoms with Gasteiger partial charge in [-0.2, -0.15) is 13.2 Å². The van der Waals surface area contributed by atoms with E-state index in [0.29, 0.717) is 24.5 Å². The first kappa shape index (κ1) is 15.4. The lowest BCUT2D eigenvalue weighted by atomic mass is 10.5. The third kappa shape index (κ3) is 8.72. The smallest absolute Gasteiger partial charge is 0.358 e. The van der Waals surface area contributed by atoms with Crippen LogP contribution in [0, 0.1) is 0 Å². The van der Waals surface area contributed by atoms with Gasteiger partial charge < -0.3 is 10.6 Å². The summed E-state index contributed by atoms with van der Waals surface area (Å²) in [5.74, 6) is -0.870. The van der Waals surface area contributed by atoms with Crippen LogP contribution in [0.15, 0.2) is 0 Å². The Morgan fingerprint density at radius 3 is 2.25 bits per heavy atom. The maximum atomic E-state index is 11.7. The summed E-state index contributed by atoms with van der Waals surface area (Å²) >= 11 is 0. The van der Waals surface area contributed by atoms with Gasteiger partial charge in [-0.3, -0.25) is 9.59 Å². The van der Waals surface area contributed by atoms with Gasteiger partial charge in [0.25, 0.3) is 0 Å². The summed E-state index contributed by atoms with van der Waals surface area (Å²) < 4.78 is 35.1. The number of carbonyl (C=O) groups excluding carboxylic acids is 2. The van der Waals surface area contributed by atoms with Crippen molar-refractivity contribution in [3.05, 3.63) is 0 Å². The van der Waals surface area contributed by atoms with E-state index in [2.05, 4.69) is 5.32 Å². The number of alkyl halides is 3. The van der Waals surface area contributed by atoms with Crippen molar-refractivity contribution in [1.29, 1.82) is 0 Å². The molecule has 9 heteroatoms. The van der Waals surface area contributed by atoms with Crippen molar-refractivity contribution in [2.75, 3.05) is 24.6 Å². The standard InChI is InChI=1S/C7H11F3N2O2S2/c8-7(9,10)6(14)12-2-4-16-15-3-1-11-5-13/h5H,1-4H2,(H,11,13)(H,12,14). The number of halogens is 3. The molecular weight excluding hydrogens is 265 g/mol. The SMILES string of the molecule is O=CNCCSSCCNC(=O)C(F)(F)F. The molecule has 0 atom stereocenters. The third-order valence-corrected chi connectivity index (χ3v) is 3.63. The average Bonchev–Trinajstić information content (AvgIpc) is 2.20. The quantitative estimate of drug-likeness (QED) is 0.391. The second kappa shape index (κ2) is 8.57. The molecule has 94 valence electrons. The van der Waals surface area contributed by atoms with Crippen LogP contribution in [0.1, 0.15) is 0 Å². The number of hydrogen-bond acceptors (Lipinski definition) is 4. The number of carbonyl (C=O) groups is 2. The molecule has 0 aromatic rings. The van der Waals surface area contributed by atoms with Gasteiger partial charge in [-0.1, -0.05) is 21.6 Å². The molecule has 0 saturated heterocycles. The summed E-state index contributed by atoms with van der Waals surface area (Å²) in [5.41, 5.74) is 0. The van der Waals surface area contributed by atoms with Crippen LogP contribution in [0.25, 0.3) is 0 Å². The monoisotopic (exact) mass is 276 g/mol. The molecule has 0 saturated carbocycles. The highest BCUT2D eigenvalue weighted by Crippen LogP contribution is 2.19. The molecule has 0 aromatic heterocycles. The van der Waals surface area contributed by atoms with Gasteiger partial charge in [-0.05, 0) is 0 Å². The molecule has 2 N–H and O–H groups in total. The van der Waals surface area contributed by atoms with E-state index in [0.717, 1.165) is 0 Å². The molecule has 0 aliphatic rings. The van der Waals surface area contributed by atoms with Crippen LogP contribution in [0.3, 0.4) is 0 Å². The number of amides is 2. The molecule has 0 spiro atoms. The Labute approximate surface area is 98.5 Å². The van der Waals surface area contributed by atoms with Gasteiger partial charge in [0.1, 0.15) is 0 Å². The molecule has 16 heavy (non-hydrogen) atoms. The molecule has 0 aliphatic heterocycles. The first-order valence-electron chi connectivity index (χ1n) is 4.25. The van der Waals surface area contributed by atoms with Crippen LogP contribution in [-0.4, -0.2) is 43.1 Å². The highest BCUT2D eigenvalue weighted by molar-refractivity contribution is 8.76. The fourth-order valence-electron chi connectivity index (χ4n) is 0.584. The second-order valence-electron chi connectivity index (χ2n) is 2.47. The molecule has 0 heterocycles. The van der Waals surface area contributed by atoms with Gasteiger partial charge in [0, 0.05) is 24.6 Å². The Balaban J connectivity index is 3.27. The Bertz CT molecular complexity index is 226. The minimum absolute atomic E-state index is 0.0306.